The molecule has 0 bridgehead atoms. The SMILES string of the molecule is CC(C)c1c(N)nnn1Cc1ccccc1F. The van der Waals surface area contributed by atoms with E-state index < -0.39 is 0 Å². The summed E-state index contributed by atoms with van der Waals surface area (Å²) in [5.74, 6) is 0.379. The molecule has 0 amide bonds. The van der Waals surface area contributed by atoms with E-state index in [9.17, 15) is 4.39 Å². The average molecular weight is 234 g/mol. The highest BCUT2D eigenvalue weighted by Gasteiger charge is 2.14. The number of aromatic nitrogens is 3. The molecular weight excluding hydrogens is 219 g/mol. The van der Waals surface area contributed by atoms with Crippen molar-refractivity contribution < 1.29 is 4.39 Å². The molecular formula is C12H15FN4. The zero-order valence-corrected chi connectivity index (χ0v) is 9.89. The zero-order valence-electron chi connectivity index (χ0n) is 9.89. The molecule has 1 heterocycles. The molecule has 0 saturated carbocycles. The lowest BCUT2D eigenvalue weighted by Gasteiger charge is -2.10. The van der Waals surface area contributed by atoms with Crippen LogP contribution in [-0.4, -0.2) is 15.0 Å². The molecule has 0 saturated heterocycles. The number of anilines is 1. The van der Waals surface area contributed by atoms with Gasteiger partial charge in [-0.15, -0.1) is 5.10 Å². The van der Waals surface area contributed by atoms with E-state index in [4.69, 9.17) is 5.73 Å². The number of halogens is 1. The topological polar surface area (TPSA) is 56.7 Å². The Labute approximate surface area is 99.2 Å². The van der Waals surface area contributed by atoms with Crippen LogP contribution in [0.2, 0.25) is 0 Å². The second kappa shape index (κ2) is 4.53. The molecule has 0 aliphatic rings. The minimum Gasteiger partial charge on any atom is -0.381 e. The first-order valence-electron chi connectivity index (χ1n) is 5.52. The summed E-state index contributed by atoms with van der Waals surface area (Å²) in [7, 11) is 0. The van der Waals surface area contributed by atoms with Crippen molar-refractivity contribution in [1.29, 1.82) is 0 Å². The highest BCUT2D eigenvalue weighted by Crippen LogP contribution is 2.20. The predicted molar refractivity (Wildman–Crippen MR) is 64.0 cm³/mol. The van der Waals surface area contributed by atoms with Crippen LogP contribution in [0.5, 0.6) is 0 Å². The van der Waals surface area contributed by atoms with Gasteiger partial charge in [0.2, 0.25) is 0 Å². The zero-order chi connectivity index (χ0) is 12.4. The van der Waals surface area contributed by atoms with Gasteiger partial charge in [-0.25, -0.2) is 9.07 Å². The molecule has 0 aliphatic heterocycles. The molecule has 0 unspecified atom stereocenters. The molecule has 5 heteroatoms. The molecule has 0 fully saturated rings. The summed E-state index contributed by atoms with van der Waals surface area (Å²) in [6, 6.07) is 6.63. The number of nitrogen functional groups attached to an aromatic ring is 1. The van der Waals surface area contributed by atoms with Gasteiger partial charge in [0.15, 0.2) is 5.82 Å². The summed E-state index contributed by atoms with van der Waals surface area (Å²) >= 11 is 0. The van der Waals surface area contributed by atoms with Gasteiger partial charge < -0.3 is 5.73 Å². The average Bonchev–Trinajstić information content (AvgIpc) is 2.63. The lowest BCUT2D eigenvalue weighted by Crippen LogP contribution is -2.09. The van der Waals surface area contributed by atoms with Crippen molar-refractivity contribution in [2.45, 2.75) is 26.3 Å². The fourth-order valence-electron chi connectivity index (χ4n) is 1.83. The van der Waals surface area contributed by atoms with Gasteiger partial charge in [0.05, 0.1) is 12.2 Å². The first-order valence-corrected chi connectivity index (χ1v) is 5.52. The van der Waals surface area contributed by atoms with Gasteiger partial charge in [-0.2, -0.15) is 0 Å². The van der Waals surface area contributed by atoms with E-state index in [0.29, 0.717) is 17.9 Å². The standard InChI is InChI=1S/C12H15FN4/c1-8(2)11-12(14)15-16-17(11)7-9-5-3-4-6-10(9)13/h3-6,8H,7,14H2,1-2H3. The van der Waals surface area contributed by atoms with E-state index in [-0.39, 0.29) is 11.7 Å². The summed E-state index contributed by atoms with van der Waals surface area (Å²) in [5, 5.41) is 7.78. The predicted octanol–water partition coefficient (Wildman–Crippen LogP) is 2.17. The quantitative estimate of drug-likeness (QED) is 0.885. The fraction of sp³-hybridized carbons (Fsp3) is 0.333. The van der Waals surface area contributed by atoms with Crippen molar-refractivity contribution in [3.05, 3.63) is 41.3 Å². The largest absolute Gasteiger partial charge is 0.381 e. The third-order valence-corrected chi connectivity index (χ3v) is 2.63. The number of benzene rings is 1. The van der Waals surface area contributed by atoms with Crippen molar-refractivity contribution in [3.8, 4) is 0 Å². The summed E-state index contributed by atoms with van der Waals surface area (Å²) in [6.45, 7) is 4.37. The van der Waals surface area contributed by atoms with E-state index in [1.165, 1.54) is 6.07 Å². The molecule has 0 radical (unpaired) electrons. The number of nitrogens with two attached hydrogens (primary N) is 1. The lowest BCUT2D eigenvalue weighted by atomic mass is 10.1. The van der Waals surface area contributed by atoms with Crippen LogP contribution in [0.25, 0.3) is 0 Å². The summed E-state index contributed by atoms with van der Waals surface area (Å²) in [5.41, 5.74) is 7.17. The van der Waals surface area contributed by atoms with Crippen molar-refractivity contribution in [1.82, 2.24) is 15.0 Å². The Morgan fingerprint density at radius 3 is 2.71 bits per heavy atom. The highest BCUT2D eigenvalue weighted by atomic mass is 19.1. The van der Waals surface area contributed by atoms with E-state index in [1.54, 1.807) is 22.9 Å². The smallest absolute Gasteiger partial charge is 0.169 e. The number of nitrogens with zero attached hydrogens (tertiary/aromatic N) is 3. The van der Waals surface area contributed by atoms with E-state index >= 15 is 0 Å². The Hall–Kier alpha value is -1.91. The maximum atomic E-state index is 13.5. The van der Waals surface area contributed by atoms with Gasteiger partial charge in [0, 0.05) is 5.56 Å². The fourth-order valence-corrected chi connectivity index (χ4v) is 1.83. The van der Waals surface area contributed by atoms with Gasteiger partial charge in [-0.1, -0.05) is 37.3 Å². The van der Waals surface area contributed by atoms with Crippen molar-refractivity contribution >= 4 is 5.82 Å². The first kappa shape index (κ1) is 11.6. The van der Waals surface area contributed by atoms with Gasteiger partial charge in [-0.05, 0) is 12.0 Å². The van der Waals surface area contributed by atoms with Crippen LogP contribution in [0.15, 0.2) is 24.3 Å². The van der Waals surface area contributed by atoms with Gasteiger partial charge in [0.1, 0.15) is 5.82 Å². The monoisotopic (exact) mass is 234 g/mol. The molecule has 17 heavy (non-hydrogen) atoms. The van der Waals surface area contributed by atoms with Gasteiger partial charge in [0.25, 0.3) is 0 Å². The van der Waals surface area contributed by atoms with Crippen molar-refractivity contribution in [2.75, 3.05) is 5.73 Å². The minimum absolute atomic E-state index is 0.205. The van der Waals surface area contributed by atoms with Gasteiger partial charge >= 0.3 is 0 Å². The Kier molecular flexibility index (Phi) is 3.08. The van der Waals surface area contributed by atoms with Crippen LogP contribution in [0.4, 0.5) is 10.2 Å². The summed E-state index contributed by atoms with van der Waals surface area (Å²) in [6.07, 6.45) is 0. The lowest BCUT2D eigenvalue weighted by molar-refractivity contribution is 0.557. The first-order chi connectivity index (χ1) is 8.09. The molecule has 2 rings (SSSR count). The maximum absolute atomic E-state index is 13.5. The molecule has 1 aromatic carbocycles. The Morgan fingerprint density at radius 2 is 2.06 bits per heavy atom. The van der Waals surface area contributed by atoms with Crippen LogP contribution < -0.4 is 5.73 Å². The van der Waals surface area contributed by atoms with Crippen LogP contribution in [0, 0.1) is 5.82 Å². The third kappa shape index (κ3) is 2.27. The number of hydrogen-bond acceptors (Lipinski definition) is 3. The van der Waals surface area contributed by atoms with Crippen LogP contribution >= 0.6 is 0 Å². The molecule has 2 aromatic rings. The highest BCUT2D eigenvalue weighted by molar-refractivity contribution is 5.35. The Bertz CT molecular complexity index is 519. The minimum atomic E-state index is -0.240. The Balaban J connectivity index is 2.34. The molecule has 4 nitrogen and oxygen atoms in total. The van der Waals surface area contributed by atoms with Crippen LogP contribution in [-0.2, 0) is 6.54 Å². The van der Waals surface area contributed by atoms with Crippen LogP contribution in [0.1, 0.15) is 31.0 Å². The molecule has 1 aromatic heterocycles. The molecule has 0 aliphatic carbocycles. The Morgan fingerprint density at radius 1 is 1.35 bits per heavy atom. The molecule has 0 spiro atoms. The maximum Gasteiger partial charge on any atom is 0.169 e. The second-order valence-electron chi connectivity index (χ2n) is 4.26. The molecule has 0 atom stereocenters. The van der Waals surface area contributed by atoms with Crippen molar-refractivity contribution in [2.24, 2.45) is 0 Å². The van der Waals surface area contributed by atoms with E-state index in [2.05, 4.69) is 10.3 Å². The summed E-state index contributed by atoms with van der Waals surface area (Å²) < 4.78 is 15.2. The normalized spacial score (nSPS) is 11.1. The third-order valence-electron chi connectivity index (χ3n) is 2.63. The van der Waals surface area contributed by atoms with Gasteiger partial charge in [-0.3, -0.25) is 0 Å². The number of hydrogen-bond donors (Lipinski definition) is 1. The number of rotatable bonds is 3. The van der Waals surface area contributed by atoms with E-state index in [1.807, 2.05) is 13.8 Å². The second-order valence-corrected chi connectivity index (χ2v) is 4.26. The van der Waals surface area contributed by atoms with Crippen LogP contribution in [0.3, 0.4) is 0 Å². The summed E-state index contributed by atoms with van der Waals surface area (Å²) in [4.78, 5) is 0. The molecule has 90 valence electrons. The molecule has 2 N–H and O–H groups in total. The van der Waals surface area contributed by atoms with Crippen molar-refractivity contribution in [3.63, 3.8) is 0 Å². The van der Waals surface area contributed by atoms with E-state index in [0.717, 1.165) is 5.69 Å².